The molecule has 4 heteroatoms. The van der Waals surface area contributed by atoms with E-state index in [0.29, 0.717) is 0 Å². The van der Waals surface area contributed by atoms with Crippen molar-refractivity contribution < 1.29 is 14.6 Å². The summed E-state index contributed by atoms with van der Waals surface area (Å²) in [6, 6.07) is 12.4. The summed E-state index contributed by atoms with van der Waals surface area (Å²) in [6.07, 6.45) is 0. The maximum absolute atomic E-state index is 10.9. The lowest BCUT2D eigenvalue weighted by Crippen LogP contribution is -1.97. The van der Waals surface area contributed by atoms with Crippen LogP contribution in [0.5, 0.6) is 5.75 Å². The molecule has 0 saturated heterocycles. The summed E-state index contributed by atoms with van der Waals surface area (Å²) >= 11 is 5.93. The molecule has 1 N–H and O–H groups in total. The Morgan fingerprint density at radius 1 is 1.11 bits per heavy atom. The van der Waals surface area contributed by atoms with Crippen LogP contribution in [0.15, 0.2) is 42.5 Å². The topological polar surface area (TPSA) is 46.5 Å². The van der Waals surface area contributed by atoms with Crippen molar-refractivity contribution in [1.29, 1.82) is 0 Å². The molecule has 0 bridgehead atoms. The third kappa shape index (κ3) is 2.46. The fraction of sp³-hybridized carbons (Fsp3) is 0.0714. The molecule has 2 rings (SSSR count). The van der Waals surface area contributed by atoms with Crippen LogP contribution >= 0.6 is 11.6 Å². The Morgan fingerprint density at radius 3 is 2.22 bits per heavy atom. The van der Waals surface area contributed by atoms with Gasteiger partial charge in [0.15, 0.2) is 0 Å². The van der Waals surface area contributed by atoms with Crippen molar-refractivity contribution in [1.82, 2.24) is 0 Å². The number of hydrogen-bond acceptors (Lipinski definition) is 2. The summed E-state index contributed by atoms with van der Waals surface area (Å²) in [5.41, 5.74) is 1.93. The monoisotopic (exact) mass is 262 g/mol. The van der Waals surface area contributed by atoms with Gasteiger partial charge in [-0.2, -0.15) is 0 Å². The second-order valence-corrected chi connectivity index (χ2v) is 4.14. The maximum Gasteiger partial charge on any atom is 0.337 e. The second-order valence-electron chi connectivity index (χ2n) is 3.73. The minimum atomic E-state index is -1.03. The molecule has 0 unspecified atom stereocenters. The van der Waals surface area contributed by atoms with Gasteiger partial charge < -0.3 is 9.84 Å². The number of carboxylic acid groups (broad SMARTS) is 1. The van der Waals surface area contributed by atoms with E-state index in [-0.39, 0.29) is 10.6 Å². The van der Waals surface area contributed by atoms with Gasteiger partial charge >= 0.3 is 5.97 Å². The third-order valence-electron chi connectivity index (χ3n) is 2.62. The quantitative estimate of drug-likeness (QED) is 0.917. The lowest BCUT2D eigenvalue weighted by atomic mass is 10.0. The number of hydrogen-bond donors (Lipinski definition) is 1. The third-order valence-corrected chi connectivity index (χ3v) is 2.94. The van der Waals surface area contributed by atoms with E-state index in [1.807, 2.05) is 24.3 Å². The Kier molecular flexibility index (Phi) is 3.53. The van der Waals surface area contributed by atoms with E-state index >= 15 is 0 Å². The molecule has 0 heterocycles. The molecule has 0 aromatic heterocycles. The lowest BCUT2D eigenvalue weighted by molar-refractivity contribution is 0.0697. The fourth-order valence-electron chi connectivity index (χ4n) is 1.65. The van der Waals surface area contributed by atoms with Gasteiger partial charge in [0.2, 0.25) is 0 Å². The molecule has 0 aliphatic carbocycles. The predicted molar refractivity (Wildman–Crippen MR) is 70.4 cm³/mol. The number of carbonyl (C=O) groups is 1. The van der Waals surface area contributed by atoms with E-state index in [1.165, 1.54) is 6.07 Å². The molecule has 0 aliphatic heterocycles. The van der Waals surface area contributed by atoms with Crippen LogP contribution in [0.3, 0.4) is 0 Å². The summed E-state index contributed by atoms with van der Waals surface area (Å²) in [6.45, 7) is 0. The first-order valence-electron chi connectivity index (χ1n) is 5.29. The highest BCUT2D eigenvalue weighted by molar-refractivity contribution is 6.33. The number of halogens is 1. The number of aromatic carboxylic acids is 1. The Bertz CT molecular complexity index is 576. The van der Waals surface area contributed by atoms with Crippen molar-refractivity contribution in [2.75, 3.05) is 7.11 Å². The van der Waals surface area contributed by atoms with Crippen LogP contribution in [0.25, 0.3) is 11.1 Å². The zero-order valence-corrected chi connectivity index (χ0v) is 10.4. The molecule has 92 valence electrons. The Labute approximate surface area is 110 Å². The first-order valence-corrected chi connectivity index (χ1v) is 5.67. The highest BCUT2D eigenvalue weighted by Gasteiger charge is 2.09. The summed E-state index contributed by atoms with van der Waals surface area (Å²) in [7, 11) is 1.60. The number of benzene rings is 2. The average Bonchev–Trinajstić information content (AvgIpc) is 2.38. The number of methoxy groups -OCH3 is 1. The lowest BCUT2D eigenvalue weighted by Gasteiger charge is -2.06. The summed E-state index contributed by atoms with van der Waals surface area (Å²) in [5.74, 6) is -0.256. The van der Waals surface area contributed by atoms with Gasteiger partial charge in [0, 0.05) is 0 Å². The molecule has 3 nitrogen and oxygen atoms in total. The molecule has 2 aromatic carbocycles. The van der Waals surface area contributed by atoms with Crippen LogP contribution in [0.1, 0.15) is 10.4 Å². The molecule has 18 heavy (non-hydrogen) atoms. The number of rotatable bonds is 3. The van der Waals surface area contributed by atoms with E-state index in [0.717, 1.165) is 16.9 Å². The van der Waals surface area contributed by atoms with Crippen LogP contribution in [-0.2, 0) is 0 Å². The molecular formula is C14H11ClO3. The molecule has 0 spiro atoms. The molecule has 0 saturated carbocycles. The smallest absolute Gasteiger partial charge is 0.337 e. The van der Waals surface area contributed by atoms with E-state index in [9.17, 15) is 4.79 Å². The molecule has 2 aromatic rings. The van der Waals surface area contributed by atoms with Crippen molar-refractivity contribution in [3.8, 4) is 16.9 Å². The molecule has 0 amide bonds. The van der Waals surface area contributed by atoms with E-state index < -0.39 is 5.97 Å². The molecule has 0 atom stereocenters. The SMILES string of the molecule is COc1ccc(-c2ccc(C(=O)O)c(Cl)c2)cc1. The highest BCUT2D eigenvalue weighted by Crippen LogP contribution is 2.27. The van der Waals surface area contributed by atoms with Crippen LogP contribution in [-0.4, -0.2) is 18.2 Å². The molecule has 0 aliphatic rings. The first-order chi connectivity index (χ1) is 8.61. The van der Waals surface area contributed by atoms with Gasteiger partial charge in [0.05, 0.1) is 17.7 Å². The Hall–Kier alpha value is -2.00. The number of carboxylic acids is 1. The minimum Gasteiger partial charge on any atom is -0.497 e. The van der Waals surface area contributed by atoms with Crippen molar-refractivity contribution in [2.45, 2.75) is 0 Å². The normalized spacial score (nSPS) is 10.1. The zero-order chi connectivity index (χ0) is 13.1. The van der Waals surface area contributed by atoms with Gasteiger partial charge in [0.25, 0.3) is 0 Å². The van der Waals surface area contributed by atoms with Gasteiger partial charge in [-0.1, -0.05) is 29.8 Å². The molecule has 0 radical (unpaired) electrons. The zero-order valence-electron chi connectivity index (χ0n) is 9.68. The van der Waals surface area contributed by atoms with E-state index in [2.05, 4.69) is 0 Å². The van der Waals surface area contributed by atoms with Crippen LogP contribution in [0.2, 0.25) is 5.02 Å². The van der Waals surface area contributed by atoms with Crippen LogP contribution < -0.4 is 4.74 Å². The van der Waals surface area contributed by atoms with E-state index in [1.54, 1.807) is 19.2 Å². The first kappa shape index (κ1) is 12.5. The second kappa shape index (κ2) is 5.10. The highest BCUT2D eigenvalue weighted by atomic mass is 35.5. The van der Waals surface area contributed by atoms with Gasteiger partial charge in [-0.05, 0) is 35.4 Å². The summed E-state index contributed by atoms with van der Waals surface area (Å²) in [5, 5.41) is 9.13. The Balaban J connectivity index is 2.39. The van der Waals surface area contributed by atoms with Gasteiger partial charge in [0.1, 0.15) is 5.75 Å². The van der Waals surface area contributed by atoms with Crippen molar-refractivity contribution in [3.63, 3.8) is 0 Å². The number of ether oxygens (including phenoxy) is 1. The minimum absolute atomic E-state index is 0.105. The van der Waals surface area contributed by atoms with Crippen molar-refractivity contribution in [3.05, 3.63) is 53.1 Å². The van der Waals surface area contributed by atoms with Crippen molar-refractivity contribution in [2.24, 2.45) is 0 Å². The summed E-state index contributed by atoms with van der Waals surface area (Å²) < 4.78 is 5.08. The van der Waals surface area contributed by atoms with Gasteiger partial charge in [-0.3, -0.25) is 0 Å². The summed E-state index contributed by atoms with van der Waals surface area (Å²) in [4.78, 5) is 10.9. The molecule has 0 fully saturated rings. The Morgan fingerprint density at radius 2 is 1.72 bits per heavy atom. The largest absolute Gasteiger partial charge is 0.497 e. The van der Waals surface area contributed by atoms with E-state index in [4.69, 9.17) is 21.4 Å². The predicted octanol–water partition coefficient (Wildman–Crippen LogP) is 3.71. The fourth-order valence-corrected chi connectivity index (χ4v) is 1.91. The van der Waals surface area contributed by atoms with Gasteiger partial charge in [-0.15, -0.1) is 0 Å². The maximum atomic E-state index is 10.9. The average molecular weight is 263 g/mol. The van der Waals surface area contributed by atoms with Crippen LogP contribution in [0, 0.1) is 0 Å². The van der Waals surface area contributed by atoms with Crippen molar-refractivity contribution >= 4 is 17.6 Å². The van der Waals surface area contributed by atoms with Crippen LogP contribution in [0.4, 0.5) is 0 Å². The molecular weight excluding hydrogens is 252 g/mol. The van der Waals surface area contributed by atoms with Gasteiger partial charge in [-0.25, -0.2) is 4.79 Å². The standard InChI is InChI=1S/C14H11ClO3/c1-18-11-5-2-9(3-6-11)10-4-7-12(14(16)17)13(15)8-10/h2-8H,1H3,(H,16,17).